The second-order valence-corrected chi connectivity index (χ2v) is 4.76. The van der Waals surface area contributed by atoms with Gasteiger partial charge in [0.15, 0.2) is 5.96 Å². The number of rotatable bonds is 7. The molecule has 3 N–H and O–H groups in total. The Kier molecular flexibility index (Phi) is 10.3. The highest BCUT2D eigenvalue weighted by Gasteiger charge is 2.04. The molecule has 0 saturated carbocycles. The first-order valence-electron chi connectivity index (χ1n) is 6.91. The molecule has 0 atom stereocenters. The lowest BCUT2D eigenvalue weighted by atomic mass is 10.3. The second-order valence-electron chi connectivity index (χ2n) is 4.76. The van der Waals surface area contributed by atoms with Crippen LogP contribution in [0.4, 0.5) is 5.69 Å². The van der Waals surface area contributed by atoms with E-state index in [1.807, 2.05) is 38.1 Å². The summed E-state index contributed by atoms with van der Waals surface area (Å²) in [4.78, 5) is 15.5. The second kappa shape index (κ2) is 11.1. The molecule has 6 nitrogen and oxygen atoms in total. The fraction of sp³-hybridized carbons (Fsp3) is 0.467. The van der Waals surface area contributed by atoms with Gasteiger partial charge in [-0.15, -0.1) is 24.0 Å². The van der Waals surface area contributed by atoms with Gasteiger partial charge in [0.25, 0.3) is 0 Å². The normalized spacial score (nSPS) is 10.8. The van der Waals surface area contributed by atoms with Crippen LogP contribution in [0.5, 0.6) is 5.75 Å². The fourth-order valence-corrected chi connectivity index (χ4v) is 1.61. The summed E-state index contributed by atoms with van der Waals surface area (Å²) in [6, 6.07) is 7.36. The summed E-state index contributed by atoms with van der Waals surface area (Å²) >= 11 is 0. The number of nitrogens with two attached hydrogens (primary N) is 1. The van der Waals surface area contributed by atoms with Crippen molar-refractivity contribution in [1.82, 2.24) is 0 Å². The number of benzene rings is 1. The minimum absolute atomic E-state index is 0. The number of hydrogen-bond donors (Lipinski definition) is 2. The smallest absolute Gasteiger partial charge is 0.306 e. The van der Waals surface area contributed by atoms with Crippen LogP contribution in [-0.4, -0.2) is 31.7 Å². The SMILES string of the molecule is COc1ccc(NC(N)=NCCCC(=O)OC(C)C)cc1.I. The van der Waals surface area contributed by atoms with E-state index in [4.69, 9.17) is 15.2 Å². The zero-order chi connectivity index (χ0) is 15.7. The molecule has 0 fully saturated rings. The van der Waals surface area contributed by atoms with Gasteiger partial charge in [0.2, 0.25) is 0 Å². The van der Waals surface area contributed by atoms with E-state index in [9.17, 15) is 4.79 Å². The monoisotopic (exact) mass is 421 g/mol. The number of carbonyl (C=O) groups excluding carboxylic acids is 1. The lowest BCUT2D eigenvalue weighted by Crippen LogP contribution is -2.23. The summed E-state index contributed by atoms with van der Waals surface area (Å²) < 4.78 is 10.1. The van der Waals surface area contributed by atoms with Crippen LogP contribution in [-0.2, 0) is 9.53 Å². The molecule has 0 heterocycles. The van der Waals surface area contributed by atoms with Gasteiger partial charge in [0.1, 0.15) is 5.75 Å². The van der Waals surface area contributed by atoms with Gasteiger partial charge < -0.3 is 20.5 Å². The lowest BCUT2D eigenvalue weighted by Gasteiger charge is -2.08. The van der Waals surface area contributed by atoms with E-state index < -0.39 is 0 Å². The van der Waals surface area contributed by atoms with E-state index in [-0.39, 0.29) is 36.0 Å². The quantitative estimate of drug-likeness (QED) is 0.233. The van der Waals surface area contributed by atoms with E-state index in [0.717, 1.165) is 11.4 Å². The highest BCUT2D eigenvalue weighted by Crippen LogP contribution is 2.14. The van der Waals surface area contributed by atoms with Crippen LogP contribution in [0.25, 0.3) is 0 Å². The van der Waals surface area contributed by atoms with E-state index in [0.29, 0.717) is 25.3 Å². The van der Waals surface area contributed by atoms with E-state index >= 15 is 0 Å². The van der Waals surface area contributed by atoms with Crippen LogP contribution >= 0.6 is 24.0 Å². The minimum atomic E-state index is -0.207. The Morgan fingerprint density at radius 3 is 2.50 bits per heavy atom. The first kappa shape index (κ1) is 20.5. The highest BCUT2D eigenvalue weighted by molar-refractivity contribution is 14.0. The maximum atomic E-state index is 11.3. The summed E-state index contributed by atoms with van der Waals surface area (Å²) in [7, 11) is 1.61. The molecule has 0 bridgehead atoms. The van der Waals surface area contributed by atoms with E-state index in [2.05, 4.69) is 10.3 Å². The molecule has 0 unspecified atom stereocenters. The number of halogens is 1. The molecule has 0 radical (unpaired) electrons. The third kappa shape index (κ3) is 8.71. The summed E-state index contributed by atoms with van der Waals surface area (Å²) in [5, 5.41) is 2.97. The summed E-state index contributed by atoms with van der Waals surface area (Å²) in [5.74, 6) is 0.888. The molecule has 1 aromatic carbocycles. The molecule has 0 aliphatic carbocycles. The summed E-state index contributed by atoms with van der Waals surface area (Å²) in [6.07, 6.45) is 0.872. The van der Waals surface area contributed by atoms with Gasteiger partial charge in [-0.05, 0) is 44.5 Å². The Bertz CT molecular complexity index is 475. The third-order valence-electron chi connectivity index (χ3n) is 2.55. The molecule has 0 spiro atoms. The van der Waals surface area contributed by atoms with Gasteiger partial charge in [0, 0.05) is 18.7 Å². The summed E-state index contributed by atoms with van der Waals surface area (Å²) in [5.41, 5.74) is 6.60. The summed E-state index contributed by atoms with van der Waals surface area (Å²) in [6.45, 7) is 4.13. The molecule has 0 amide bonds. The van der Waals surface area contributed by atoms with Gasteiger partial charge in [-0.1, -0.05) is 0 Å². The Morgan fingerprint density at radius 1 is 1.32 bits per heavy atom. The zero-order valence-electron chi connectivity index (χ0n) is 13.2. The van der Waals surface area contributed by atoms with Gasteiger partial charge in [-0.2, -0.15) is 0 Å². The predicted octanol–water partition coefficient (Wildman–Crippen LogP) is 2.77. The molecule has 0 saturated heterocycles. The number of nitrogens with one attached hydrogen (secondary N) is 1. The Balaban J connectivity index is 0.00000441. The highest BCUT2D eigenvalue weighted by atomic mass is 127. The Hall–Kier alpha value is -1.51. The Labute approximate surface area is 148 Å². The predicted molar refractivity (Wildman–Crippen MR) is 99.0 cm³/mol. The van der Waals surface area contributed by atoms with Crippen LogP contribution in [0.3, 0.4) is 0 Å². The van der Waals surface area contributed by atoms with Crippen LogP contribution in [0.15, 0.2) is 29.3 Å². The average Bonchev–Trinajstić information content (AvgIpc) is 2.44. The van der Waals surface area contributed by atoms with Crippen LogP contribution in [0.1, 0.15) is 26.7 Å². The number of methoxy groups -OCH3 is 1. The van der Waals surface area contributed by atoms with Gasteiger partial charge >= 0.3 is 5.97 Å². The maximum Gasteiger partial charge on any atom is 0.306 e. The van der Waals surface area contributed by atoms with Crippen molar-refractivity contribution in [2.24, 2.45) is 10.7 Å². The molecule has 0 aliphatic heterocycles. The van der Waals surface area contributed by atoms with Crippen molar-refractivity contribution < 1.29 is 14.3 Å². The number of carbonyl (C=O) groups is 1. The molecular formula is C15H24IN3O3. The van der Waals surface area contributed by atoms with Crippen LogP contribution < -0.4 is 15.8 Å². The maximum absolute atomic E-state index is 11.3. The number of nitrogens with zero attached hydrogens (tertiary/aromatic N) is 1. The van der Waals surface area contributed by atoms with E-state index in [1.165, 1.54) is 0 Å². The average molecular weight is 421 g/mol. The van der Waals surface area contributed by atoms with Crippen LogP contribution in [0, 0.1) is 0 Å². The number of esters is 1. The van der Waals surface area contributed by atoms with Crippen molar-refractivity contribution in [2.75, 3.05) is 19.0 Å². The first-order chi connectivity index (χ1) is 10.0. The molecule has 0 aliphatic rings. The lowest BCUT2D eigenvalue weighted by molar-refractivity contribution is -0.147. The van der Waals surface area contributed by atoms with Crippen molar-refractivity contribution in [3.8, 4) is 5.75 Å². The zero-order valence-corrected chi connectivity index (χ0v) is 15.5. The van der Waals surface area contributed by atoms with Crippen molar-refractivity contribution in [1.29, 1.82) is 0 Å². The molecule has 0 aromatic heterocycles. The van der Waals surface area contributed by atoms with Gasteiger partial charge in [-0.3, -0.25) is 9.79 Å². The third-order valence-corrected chi connectivity index (χ3v) is 2.55. The fourth-order valence-electron chi connectivity index (χ4n) is 1.61. The van der Waals surface area contributed by atoms with Crippen molar-refractivity contribution in [3.05, 3.63) is 24.3 Å². The minimum Gasteiger partial charge on any atom is -0.497 e. The molecular weight excluding hydrogens is 397 g/mol. The number of hydrogen-bond acceptors (Lipinski definition) is 4. The van der Waals surface area contributed by atoms with Crippen LogP contribution in [0.2, 0.25) is 0 Å². The van der Waals surface area contributed by atoms with Gasteiger partial charge in [-0.25, -0.2) is 0 Å². The molecule has 7 heteroatoms. The molecule has 124 valence electrons. The van der Waals surface area contributed by atoms with E-state index in [1.54, 1.807) is 7.11 Å². The number of ether oxygens (including phenoxy) is 2. The van der Waals surface area contributed by atoms with Crippen molar-refractivity contribution in [2.45, 2.75) is 32.8 Å². The number of aliphatic imine (C=N–C) groups is 1. The van der Waals surface area contributed by atoms with Crippen molar-refractivity contribution >= 4 is 41.6 Å². The molecule has 1 aromatic rings. The molecule has 1 rings (SSSR count). The Morgan fingerprint density at radius 2 is 1.95 bits per heavy atom. The number of anilines is 1. The first-order valence-corrected chi connectivity index (χ1v) is 6.91. The standard InChI is InChI=1S/C15H23N3O3.HI/c1-11(2)21-14(19)5-4-10-17-15(16)18-12-6-8-13(20-3)9-7-12;/h6-9,11H,4-5,10H2,1-3H3,(H3,16,17,18);1H. The molecule has 22 heavy (non-hydrogen) atoms. The van der Waals surface area contributed by atoms with Gasteiger partial charge in [0.05, 0.1) is 13.2 Å². The number of guanidine groups is 1. The largest absolute Gasteiger partial charge is 0.497 e. The topological polar surface area (TPSA) is 85.9 Å². The van der Waals surface area contributed by atoms with Crippen molar-refractivity contribution in [3.63, 3.8) is 0 Å².